The topological polar surface area (TPSA) is 56.7 Å². The second-order valence-electron chi connectivity index (χ2n) is 3.01. The summed E-state index contributed by atoms with van der Waals surface area (Å²) in [5.74, 6) is 0. The molecule has 0 aliphatic heterocycles. The average molecular weight is 154 g/mol. The van der Waals surface area contributed by atoms with Crippen LogP contribution in [0.4, 0.5) is 0 Å². The van der Waals surface area contributed by atoms with E-state index in [1.165, 1.54) is 0 Å². The fourth-order valence-electron chi connectivity index (χ4n) is 0.751. The quantitative estimate of drug-likeness (QED) is 0.688. The van der Waals surface area contributed by atoms with Crippen LogP contribution in [0.5, 0.6) is 0 Å². The molecule has 0 bridgehead atoms. The van der Waals surface area contributed by atoms with Gasteiger partial charge in [0, 0.05) is 12.1 Å². The van der Waals surface area contributed by atoms with Crippen LogP contribution in [0.1, 0.15) is 38.5 Å². The van der Waals surface area contributed by atoms with Crippen molar-refractivity contribution in [3.63, 3.8) is 0 Å². The number of nitrogens with zero attached hydrogens (tertiary/aromatic N) is 3. The Morgan fingerprint density at radius 1 is 1.45 bits per heavy atom. The monoisotopic (exact) mass is 154 g/mol. The van der Waals surface area contributed by atoms with Crippen LogP contribution in [-0.2, 0) is 0 Å². The van der Waals surface area contributed by atoms with Crippen molar-refractivity contribution in [1.82, 2.24) is 15.0 Å². The van der Waals surface area contributed by atoms with Gasteiger partial charge in [-0.1, -0.05) is 5.21 Å². The summed E-state index contributed by atoms with van der Waals surface area (Å²) in [5, 5.41) is 7.85. The van der Waals surface area contributed by atoms with E-state index in [2.05, 4.69) is 24.2 Å². The number of nitrogens with two attached hydrogens (primary N) is 1. The minimum absolute atomic E-state index is 0.0255. The number of hydrogen-bond acceptors (Lipinski definition) is 3. The summed E-state index contributed by atoms with van der Waals surface area (Å²) < 4.78 is 1.80. The molecule has 11 heavy (non-hydrogen) atoms. The highest BCUT2D eigenvalue weighted by molar-refractivity contribution is 4.97. The van der Waals surface area contributed by atoms with Gasteiger partial charge in [-0.05, 0) is 20.8 Å². The third-order valence-corrected chi connectivity index (χ3v) is 1.52. The Morgan fingerprint density at radius 2 is 2.09 bits per heavy atom. The minimum Gasteiger partial charge on any atom is -0.323 e. The van der Waals surface area contributed by atoms with Gasteiger partial charge in [0.2, 0.25) is 0 Å². The standard InChI is InChI=1S/C7H14N4/c1-5(2)11-4-7(6(3)8)9-10-11/h4-6H,8H2,1-3H3/t6-/m1/s1. The first kappa shape index (κ1) is 8.20. The van der Waals surface area contributed by atoms with Crippen LogP contribution in [0, 0.1) is 0 Å². The Hall–Kier alpha value is -0.900. The molecule has 1 atom stereocenters. The molecule has 0 amide bonds. The predicted molar refractivity (Wildman–Crippen MR) is 43.0 cm³/mol. The minimum atomic E-state index is -0.0255. The molecule has 0 saturated heterocycles. The van der Waals surface area contributed by atoms with E-state index in [1.807, 2.05) is 13.1 Å². The average Bonchev–Trinajstić information content (AvgIpc) is 2.33. The molecule has 1 aromatic heterocycles. The summed E-state index contributed by atoms with van der Waals surface area (Å²) in [6, 6.07) is 0.331. The van der Waals surface area contributed by atoms with Crippen molar-refractivity contribution in [1.29, 1.82) is 0 Å². The van der Waals surface area contributed by atoms with E-state index in [-0.39, 0.29) is 6.04 Å². The van der Waals surface area contributed by atoms with Gasteiger partial charge in [-0.2, -0.15) is 0 Å². The lowest BCUT2D eigenvalue weighted by Crippen LogP contribution is -2.05. The fraction of sp³-hybridized carbons (Fsp3) is 0.714. The maximum atomic E-state index is 5.61. The Balaban J connectivity index is 2.82. The molecule has 0 spiro atoms. The Bertz CT molecular complexity index is 204. The molecule has 0 unspecified atom stereocenters. The van der Waals surface area contributed by atoms with Gasteiger partial charge >= 0.3 is 0 Å². The van der Waals surface area contributed by atoms with Crippen molar-refractivity contribution in [3.05, 3.63) is 11.9 Å². The van der Waals surface area contributed by atoms with Gasteiger partial charge < -0.3 is 5.73 Å². The summed E-state index contributed by atoms with van der Waals surface area (Å²) in [4.78, 5) is 0. The molecule has 0 radical (unpaired) electrons. The summed E-state index contributed by atoms with van der Waals surface area (Å²) in [7, 11) is 0. The Kier molecular flexibility index (Phi) is 2.24. The second kappa shape index (κ2) is 3.00. The van der Waals surface area contributed by atoms with Gasteiger partial charge in [0.05, 0.1) is 11.9 Å². The highest BCUT2D eigenvalue weighted by Crippen LogP contribution is 2.07. The Labute approximate surface area is 66.4 Å². The highest BCUT2D eigenvalue weighted by Gasteiger charge is 2.05. The molecule has 1 heterocycles. The molecule has 0 aliphatic carbocycles. The first-order valence-electron chi connectivity index (χ1n) is 3.78. The molecule has 0 fully saturated rings. The van der Waals surface area contributed by atoms with E-state index in [4.69, 9.17) is 5.73 Å². The van der Waals surface area contributed by atoms with E-state index in [0.29, 0.717) is 6.04 Å². The normalized spacial score (nSPS) is 13.9. The van der Waals surface area contributed by atoms with Gasteiger partial charge in [-0.3, -0.25) is 0 Å². The van der Waals surface area contributed by atoms with Crippen molar-refractivity contribution >= 4 is 0 Å². The predicted octanol–water partition coefficient (Wildman–Crippen LogP) is 0.879. The van der Waals surface area contributed by atoms with Crippen molar-refractivity contribution in [2.24, 2.45) is 5.73 Å². The lowest BCUT2D eigenvalue weighted by molar-refractivity contribution is 0.514. The van der Waals surface area contributed by atoms with Crippen molar-refractivity contribution in [3.8, 4) is 0 Å². The van der Waals surface area contributed by atoms with Crippen molar-refractivity contribution in [2.75, 3.05) is 0 Å². The van der Waals surface area contributed by atoms with Crippen LogP contribution in [0.2, 0.25) is 0 Å². The number of hydrogen-bond donors (Lipinski definition) is 1. The zero-order chi connectivity index (χ0) is 8.43. The summed E-state index contributed by atoms with van der Waals surface area (Å²) in [6.07, 6.45) is 1.88. The van der Waals surface area contributed by atoms with Crippen LogP contribution in [-0.4, -0.2) is 15.0 Å². The SMILES string of the molecule is CC(C)n1cc([C@@H](C)N)nn1. The molecule has 2 N–H and O–H groups in total. The van der Waals surface area contributed by atoms with Crippen molar-refractivity contribution in [2.45, 2.75) is 32.9 Å². The van der Waals surface area contributed by atoms with E-state index in [9.17, 15) is 0 Å². The summed E-state index contributed by atoms with van der Waals surface area (Å²) in [5.41, 5.74) is 6.46. The number of aromatic nitrogens is 3. The van der Waals surface area contributed by atoms with E-state index in [1.54, 1.807) is 4.68 Å². The maximum Gasteiger partial charge on any atom is 0.0991 e. The van der Waals surface area contributed by atoms with Gasteiger partial charge in [-0.15, -0.1) is 5.10 Å². The van der Waals surface area contributed by atoms with Crippen LogP contribution >= 0.6 is 0 Å². The van der Waals surface area contributed by atoms with Gasteiger partial charge in [0.25, 0.3) is 0 Å². The molecule has 1 aromatic rings. The molecule has 4 nitrogen and oxygen atoms in total. The van der Waals surface area contributed by atoms with Crippen LogP contribution in [0.3, 0.4) is 0 Å². The second-order valence-corrected chi connectivity index (χ2v) is 3.01. The summed E-state index contributed by atoms with van der Waals surface area (Å²) >= 11 is 0. The first-order chi connectivity index (χ1) is 5.11. The molecule has 1 rings (SSSR count). The molecular formula is C7H14N4. The van der Waals surface area contributed by atoms with Crippen LogP contribution < -0.4 is 5.73 Å². The maximum absolute atomic E-state index is 5.61. The molecule has 4 heteroatoms. The third kappa shape index (κ3) is 1.77. The van der Waals surface area contributed by atoms with Crippen LogP contribution in [0.15, 0.2) is 6.20 Å². The van der Waals surface area contributed by atoms with E-state index < -0.39 is 0 Å². The number of rotatable bonds is 2. The van der Waals surface area contributed by atoms with Gasteiger partial charge in [-0.25, -0.2) is 4.68 Å². The zero-order valence-electron chi connectivity index (χ0n) is 7.15. The third-order valence-electron chi connectivity index (χ3n) is 1.52. The molecule has 0 aliphatic rings. The van der Waals surface area contributed by atoms with E-state index >= 15 is 0 Å². The first-order valence-corrected chi connectivity index (χ1v) is 3.78. The smallest absolute Gasteiger partial charge is 0.0991 e. The molecule has 62 valence electrons. The van der Waals surface area contributed by atoms with Gasteiger partial charge in [0.1, 0.15) is 0 Å². The zero-order valence-corrected chi connectivity index (χ0v) is 7.15. The van der Waals surface area contributed by atoms with Gasteiger partial charge in [0.15, 0.2) is 0 Å². The van der Waals surface area contributed by atoms with Crippen LogP contribution in [0.25, 0.3) is 0 Å². The van der Waals surface area contributed by atoms with Crippen molar-refractivity contribution < 1.29 is 0 Å². The fourth-order valence-corrected chi connectivity index (χ4v) is 0.751. The Morgan fingerprint density at radius 3 is 2.36 bits per heavy atom. The van der Waals surface area contributed by atoms with E-state index in [0.717, 1.165) is 5.69 Å². The largest absolute Gasteiger partial charge is 0.323 e. The highest BCUT2D eigenvalue weighted by atomic mass is 15.4. The summed E-state index contributed by atoms with van der Waals surface area (Å²) in [6.45, 7) is 6.01. The lowest BCUT2D eigenvalue weighted by atomic mass is 10.3. The molecule has 0 saturated carbocycles. The molecule has 0 aromatic carbocycles. The lowest BCUT2D eigenvalue weighted by Gasteiger charge is -2.01. The molecular weight excluding hydrogens is 140 g/mol.